The molecule has 5 heteroatoms. The van der Waals surface area contributed by atoms with Crippen LogP contribution in [0.2, 0.25) is 10.0 Å². The second-order valence-electron chi connectivity index (χ2n) is 7.52. The van der Waals surface area contributed by atoms with E-state index in [0.29, 0.717) is 10.0 Å². The highest BCUT2D eigenvalue weighted by atomic mass is 35.5. The number of rotatable bonds is 7. The maximum absolute atomic E-state index is 9.34. The van der Waals surface area contributed by atoms with E-state index < -0.39 is 0 Å². The summed E-state index contributed by atoms with van der Waals surface area (Å²) in [6.07, 6.45) is 4.31. The minimum Gasteiger partial charge on any atom is -0.392 e. The Morgan fingerprint density at radius 2 is 1.60 bits per heavy atom. The lowest BCUT2D eigenvalue weighted by Gasteiger charge is -2.14. The zero-order valence-corrected chi connectivity index (χ0v) is 20.2. The first-order valence-electron chi connectivity index (χ1n) is 11.1. The third-order valence-corrected chi connectivity index (χ3v) is 5.48. The summed E-state index contributed by atoms with van der Waals surface area (Å²) in [5.41, 5.74) is 2.55. The van der Waals surface area contributed by atoms with Crippen LogP contribution in [0.4, 0.5) is 0 Å². The molecule has 0 saturated carbocycles. The maximum atomic E-state index is 9.34. The van der Waals surface area contributed by atoms with E-state index in [9.17, 15) is 5.11 Å². The van der Waals surface area contributed by atoms with Gasteiger partial charge in [-0.3, -0.25) is 4.90 Å². The largest absolute Gasteiger partial charge is 0.392 e. The quantitative estimate of drug-likeness (QED) is 0.490. The summed E-state index contributed by atoms with van der Waals surface area (Å²) in [5.74, 6) is 0. The number of aryl methyl sites for hydroxylation is 1. The van der Waals surface area contributed by atoms with E-state index in [1.807, 2.05) is 24.3 Å². The zero-order valence-electron chi connectivity index (χ0n) is 18.7. The lowest BCUT2D eigenvalue weighted by atomic mass is 10.2. The highest BCUT2D eigenvalue weighted by Crippen LogP contribution is 2.22. The third kappa shape index (κ3) is 11.9. The van der Waals surface area contributed by atoms with Crippen molar-refractivity contribution in [1.29, 1.82) is 0 Å². The molecule has 1 aliphatic heterocycles. The summed E-state index contributed by atoms with van der Waals surface area (Å²) in [4.78, 5) is 2.29. The van der Waals surface area contributed by atoms with Crippen LogP contribution in [0.15, 0.2) is 48.5 Å². The van der Waals surface area contributed by atoms with Crippen LogP contribution < -0.4 is 5.32 Å². The van der Waals surface area contributed by atoms with Gasteiger partial charge in [0.1, 0.15) is 0 Å². The number of nitrogens with one attached hydrogen (secondary N) is 1. The van der Waals surface area contributed by atoms with E-state index in [4.69, 9.17) is 23.2 Å². The molecule has 30 heavy (non-hydrogen) atoms. The number of hydrogen-bond acceptors (Lipinski definition) is 3. The summed E-state index contributed by atoms with van der Waals surface area (Å²) < 4.78 is 0. The van der Waals surface area contributed by atoms with E-state index in [0.717, 1.165) is 32.5 Å². The first kappa shape index (κ1) is 26.9. The van der Waals surface area contributed by atoms with Gasteiger partial charge in [-0.25, -0.2) is 0 Å². The maximum Gasteiger partial charge on any atom is 0.0679 e. The van der Waals surface area contributed by atoms with Crippen molar-refractivity contribution >= 4 is 23.2 Å². The van der Waals surface area contributed by atoms with Crippen molar-refractivity contribution in [3.8, 4) is 0 Å². The van der Waals surface area contributed by atoms with Gasteiger partial charge in [0.25, 0.3) is 0 Å². The highest BCUT2D eigenvalue weighted by Gasteiger charge is 2.19. The first-order chi connectivity index (χ1) is 14.5. The molecule has 0 aliphatic carbocycles. The number of aliphatic hydroxyl groups is 1. The molecule has 1 atom stereocenters. The van der Waals surface area contributed by atoms with Crippen LogP contribution in [-0.2, 0) is 13.0 Å². The summed E-state index contributed by atoms with van der Waals surface area (Å²) >= 11 is 11.5. The molecule has 3 rings (SSSR count). The predicted molar refractivity (Wildman–Crippen MR) is 132 cm³/mol. The number of hydrogen-bond donors (Lipinski definition) is 2. The minimum atomic E-state index is -0.108. The Morgan fingerprint density at radius 1 is 0.933 bits per heavy atom. The number of benzene rings is 2. The van der Waals surface area contributed by atoms with Gasteiger partial charge in [-0.2, -0.15) is 0 Å². The van der Waals surface area contributed by atoms with Gasteiger partial charge in [0.2, 0.25) is 0 Å². The molecule has 2 N–H and O–H groups in total. The van der Waals surface area contributed by atoms with Gasteiger partial charge in [0.05, 0.1) is 16.1 Å². The van der Waals surface area contributed by atoms with Crippen LogP contribution in [0.25, 0.3) is 0 Å². The van der Waals surface area contributed by atoms with E-state index >= 15 is 0 Å². The SMILES string of the molecule is CCCNCCC.CCc1ccc(Cl)c(Cl)c1.OC1CCN(Cc2ccccc2)C1. The van der Waals surface area contributed by atoms with Gasteiger partial charge in [-0.1, -0.05) is 80.4 Å². The lowest BCUT2D eigenvalue weighted by Crippen LogP contribution is -2.21. The smallest absolute Gasteiger partial charge is 0.0679 e. The summed E-state index contributed by atoms with van der Waals surface area (Å²) in [6, 6.07) is 16.1. The Bertz CT molecular complexity index is 678. The Hall–Kier alpha value is -1.10. The van der Waals surface area contributed by atoms with E-state index in [2.05, 4.69) is 55.3 Å². The monoisotopic (exact) mass is 452 g/mol. The van der Waals surface area contributed by atoms with Crippen LogP contribution in [-0.4, -0.2) is 42.3 Å². The zero-order chi connectivity index (χ0) is 22.2. The standard InChI is InChI=1S/C11H15NO.C8H8Cl2.C6H15N/c13-11-6-7-12(9-11)8-10-4-2-1-3-5-10;1-2-6-3-4-7(9)8(10)5-6;1-3-5-7-6-4-2/h1-5,11,13H,6-9H2;3-5H,2H2,1H3;7H,3-6H2,1-2H3. The van der Waals surface area contributed by atoms with Crippen LogP contribution in [0.1, 0.15) is 51.2 Å². The summed E-state index contributed by atoms with van der Waals surface area (Å²) in [7, 11) is 0. The average molecular weight is 453 g/mol. The number of halogens is 2. The Labute approximate surface area is 193 Å². The summed E-state index contributed by atoms with van der Waals surface area (Å²) in [5, 5.41) is 13.9. The molecule has 1 fully saturated rings. The number of β-amino-alcohol motifs (C(OH)–C–C–N with tert-alkyl or cyclic N) is 1. The molecule has 0 amide bonds. The molecule has 168 valence electrons. The second-order valence-corrected chi connectivity index (χ2v) is 8.33. The Morgan fingerprint density at radius 3 is 2.10 bits per heavy atom. The molecule has 2 aromatic rings. The van der Waals surface area contributed by atoms with Gasteiger partial charge in [-0.15, -0.1) is 0 Å². The molecule has 1 heterocycles. The molecule has 1 saturated heterocycles. The molecule has 3 nitrogen and oxygen atoms in total. The van der Waals surface area contributed by atoms with Crippen molar-refractivity contribution in [2.75, 3.05) is 26.2 Å². The molecular weight excluding hydrogens is 415 g/mol. The predicted octanol–water partition coefficient (Wildman–Crippen LogP) is 6.21. The topological polar surface area (TPSA) is 35.5 Å². The fourth-order valence-electron chi connectivity index (χ4n) is 3.04. The highest BCUT2D eigenvalue weighted by molar-refractivity contribution is 6.42. The molecule has 0 spiro atoms. The molecule has 1 unspecified atom stereocenters. The van der Waals surface area contributed by atoms with E-state index in [-0.39, 0.29) is 6.10 Å². The number of aliphatic hydroxyl groups excluding tert-OH is 1. The first-order valence-corrected chi connectivity index (χ1v) is 11.8. The Balaban J connectivity index is 0.000000238. The van der Waals surface area contributed by atoms with Gasteiger partial charge >= 0.3 is 0 Å². The second kappa shape index (κ2) is 16.6. The van der Waals surface area contributed by atoms with Crippen LogP contribution in [0.5, 0.6) is 0 Å². The molecule has 1 aliphatic rings. The minimum absolute atomic E-state index is 0.108. The van der Waals surface area contributed by atoms with Gasteiger partial charge in [-0.05, 0) is 62.0 Å². The fraction of sp³-hybridized carbons (Fsp3) is 0.520. The van der Waals surface area contributed by atoms with Crippen LogP contribution >= 0.6 is 23.2 Å². The molecule has 0 radical (unpaired) electrons. The summed E-state index contributed by atoms with van der Waals surface area (Å²) in [6.45, 7) is 11.6. The average Bonchev–Trinajstić information content (AvgIpc) is 3.17. The van der Waals surface area contributed by atoms with Gasteiger partial charge < -0.3 is 10.4 Å². The van der Waals surface area contributed by atoms with Gasteiger partial charge in [0.15, 0.2) is 0 Å². The normalized spacial score (nSPS) is 15.7. The van der Waals surface area contributed by atoms with E-state index in [1.165, 1.54) is 37.1 Å². The van der Waals surface area contributed by atoms with E-state index in [1.54, 1.807) is 0 Å². The molecule has 2 aromatic carbocycles. The molecule has 0 aromatic heterocycles. The molecule has 0 bridgehead atoms. The van der Waals surface area contributed by atoms with Crippen molar-refractivity contribution in [2.45, 2.75) is 59.1 Å². The van der Waals surface area contributed by atoms with Crippen LogP contribution in [0, 0.1) is 0 Å². The van der Waals surface area contributed by atoms with Crippen molar-refractivity contribution in [2.24, 2.45) is 0 Å². The van der Waals surface area contributed by atoms with Crippen molar-refractivity contribution < 1.29 is 5.11 Å². The van der Waals surface area contributed by atoms with Crippen LogP contribution in [0.3, 0.4) is 0 Å². The van der Waals surface area contributed by atoms with Crippen molar-refractivity contribution in [3.63, 3.8) is 0 Å². The van der Waals surface area contributed by atoms with Crippen molar-refractivity contribution in [3.05, 3.63) is 69.7 Å². The third-order valence-electron chi connectivity index (χ3n) is 4.74. The fourth-order valence-corrected chi connectivity index (χ4v) is 3.36. The number of nitrogens with zero attached hydrogens (tertiary/aromatic N) is 1. The van der Waals surface area contributed by atoms with Crippen molar-refractivity contribution in [1.82, 2.24) is 10.2 Å². The Kier molecular flexibility index (Phi) is 14.9. The van der Waals surface area contributed by atoms with Gasteiger partial charge in [0, 0.05) is 19.6 Å². The molecular formula is C25H38Cl2N2O. The number of likely N-dealkylation sites (tertiary alicyclic amines) is 1. The lowest BCUT2D eigenvalue weighted by molar-refractivity contribution is 0.175.